The van der Waals surface area contributed by atoms with Gasteiger partial charge in [0, 0.05) is 0 Å². The second-order valence-electron chi connectivity index (χ2n) is 1.79. The Kier molecular flexibility index (Phi) is 3.77. The molecule has 0 aliphatic heterocycles. The second-order valence-corrected chi connectivity index (χ2v) is 1.79. The molecule has 0 amide bonds. The summed E-state index contributed by atoms with van der Waals surface area (Å²) < 4.78 is 0. The van der Waals surface area contributed by atoms with Crippen molar-refractivity contribution in [2.75, 3.05) is 0 Å². The highest BCUT2D eigenvalue weighted by Gasteiger charge is 2.11. The van der Waals surface area contributed by atoms with Crippen molar-refractivity contribution in [2.45, 2.75) is 32.5 Å². The lowest BCUT2D eigenvalue weighted by Gasteiger charge is -2.12. The molecule has 0 saturated heterocycles. The van der Waals surface area contributed by atoms with E-state index in [4.69, 9.17) is 10.4 Å². The van der Waals surface area contributed by atoms with Crippen LogP contribution in [0.4, 0.5) is 0 Å². The summed E-state index contributed by atoms with van der Waals surface area (Å²) in [5.41, 5.74) is 0. The number of hydrogen-bond donors (Lipinski definition) is 2. The highest BCUT2D eigenvalue weighted by Crippen LogP contribution is 2.00. The van der Waals surface area contributed by atoms with Gasteiger partial charge >= 0.3 is 0 Å². The van der Waals surface area contributed by atoms with E-state index in [1.807, 2.05) is 6.92 Å². The zero-order valence-corrected chi connectivity index (χ0v) is 5.16. The van der Waals surface area contributed by atoms with Crippen LogP contribution in [0.25, 0.3) is 0 Å². The van der Waals surface area contributed by atoms with E-state index in [0.29, 0.717) is 6.42 Å². The average Bonchev–Trinajstić information content (AvgIpc) is 1.69. The van der Waals surface area contributed by atoms with Crippen molar-refractivity contribution in [1.29, 1.82) is 0 Å². The van der Waals surface area contributed by atoms with Gasteiger partial charge in [-0.25, -0.2) is 4.89 Å². The largest absolute Gasteiger partial charge is 0.391 e. The Morgan fingerprint density at radius 2 is 2.12 bits per heavy atom. The van der Waals surface area contributed by atoms with E-state index in [0.717, 1.165) is 0 Å². The lowest BCUT2D eigenvalue weighted by atomic mass is 10.2. The van der Waals surface area contributed by atoms with Gasteiger partial charge in [0.05, 0.1) is 6.10 Å². The molecule has 3 nitrogen and oxygen atoms in total. The van der Waals surface area contributed by atoms with E-state index >= 15 is 0 Å². The van der Waals surface area contributed by atoms with Crippen LogP contribution in [0.2, 0.25) is 0 Å². The third kappa shape index (κ3) is 2.26. The van der Waals surface area contributed by atoms with Crippen molar-refractivity contribution >= 4 is 0 Å². The van der Waals surface area contributed by atoms with E-state index in [-0.39, 0.29) is 0 Å². The van der Waals surface area contributed by atoms with Crippen LogP contribution >= 0.6 is 0 Å². The van der Waals surface area contributed by atoms with Gasteiger partial charge in [-0.2, -0.15) is 0 Å². The van der Waals surface area contributed by atoms with Gasteiger partial charge in [0.1, 0.15) is 6.10 Å². The topological polar surface area (TPSA) is 49.7 Å². The summed E-state index contributed by atoms with van der Waals surface area (Å²) in [5, 5.41) is 16.8. The van der Waals surface area contributed by atoms with Gasteiger partial charge in [0.15, 0.2) is 0 Å². The lowest BCUT2D eigenvalue weighted by molar-refractivity contribution is -0.295. The maximum Gasteiger partial charge on any atom is 0.118 e. The number of hydrogen-bond acceptors (Lipinski definition) is 3. The van der Waals surface area contributed by atoms with E-state index in [1.165, 1.54) is 0 Å². The van der Waals surface area contributed by atoms with E-state index in [1.54, 1.807) is 6.92 Å². The van der Waals surface area contributed by atoms with Crippen molar-refractivity contribution in [3.05, 3.63) is 0 Å². The molecule has 0 aliphatic carbocycles. The first-order chi connectivity index (χ1) is 3.72. The first kappa shape index (κ1) is 7.88. The summed E-state index contributed by atoms with van der Waals surface area (Å²) in [6, 6.07) is 0. The molecule has 0 spiro atoms. The molecule has 0 saturated carbocycles. The predicted octanol–water partition coefficient (Wildman–Crippen LogP) is 0.635. The Morgan fingerprint density at radius 1 is 1.62 bits per heavy atom. The average molecular weight is 120 g/mol. The molecular formula is C5H12O3. The number of aliphatic hydroxyl groups is 1. The van der Waals surface area contributed by atoms with Gasteiger partial charge in [-0.15, -0.1) is 0 Å². The Bertz CT molecular complexity index is 49.6. The van der Waals surface area contributed by atoms with Crippen LogP contribution < -0.4 is 0 Å². The standard InChI is InChI=1S/C5H12O3/c1-3-5(8-7)4(2)6/h4-7H,3H2,1-2H3. The second kappa shape index (κ2) is 3.83. The molecule has 2 unspecified atom stereocenters. The van der Waals surface area contributed by atoms with Crippen LogP contribution in [0.5, 0.6) is 0 Å². The zero-order chi connectivity index (χ0) is 6.57. The highest BCUT2D eigenvalue weighted by atomic mass is 17.1. The molecule has 0 radical (unpaired) electrons. The predicted molar refractivity (Wildman–Crippen MR) is 29.5 cm³/mol. The lowest BCUT2D eigenvalue weighted by Crippen LogP contribution is -2.23. The van der Waals surface area contributed by atoms with Gasteiger partial charge in [0.2, 0.25) is 0 Å². The molecule has 0 aromatic rings. The van der Waals surface area contributed by atoms with Crippen molar-refractivity contribution < 1.29 is 15.3 Å². The molecule has 8 heavy (non-hydrogen) atoms. The summed E-state index contributed by atoms with van der Waals surface area (Å²) >= 11 is 0. The molecule has 0 fully saturated rings. The van der Waals surface area contributed by atoms with Crippen LogP contribution in [-0.4, -0.2) is 22.6 Å². The van der Waals surface area contributed by atoms with Crippen LogP contribution in [0.1, 0.15) is 20.3 Å². The molecule has 2 N–H and O–H groups in total. The molecule has 0 aromatic heterocycles. The fraction of sp³-hybridized carbons (Fsp3) is 1.00. The van der Waals surface area contributed by atoms with Gasteiger partial charge in [0.25, 0.3) is 0 Å². The Balaban J connectivity index is 3.35. The van der Waals surface area contributed by atoms with Crippen LogP contribution in [0.15, 0.2) is 0 Å². The minimum Gasteiger partial charge on any atom is -0.391 e. The molecule has 0 aliphatic rings. The maximum atomic E-state index is 8.73. The van der Waals surface area contributed by atoms with E-state index in [2.05, 4.69) is 4.89 Å². The van der Waals surface area contributed by atoms with E-state index < -0.39 is 12.2 Å². The minimum absolute atomic E-state index is 0.435. The molecule has 3 heteroatoms. The fourth-order valence-corrected chi connectivity index (χ4v) is 0.504. The van der Waals surface area contributed by atoms with Gasteiger partial charge in [-0.3, -0.25) is 5.26 Å². The van der Waals surface area contributed by atoms with Crippen LogP contribution in [0, 0.1) is 0 Å². The highest BCUT2D eigenvalue weighted by molar-refractivity contribution is 4.58. The Hall–Kier alpha value is -0.120. The maximum absolute atomic E-state index is 8.73. The molecule has 0 aromatic carbocycles. The van der Waals surface area contributed by atoms with Crippen molar-refractivity contribution in [3.63, 3.8) is 0 Å². The molecule has 2 atom stereocenters. The monoisotopic (exact) mass is 120 g/mol. The first-order valence-corrected chi connectivity index (χ1v) is 2.70. The van der Waals surface area contributed by atoms with Crippen molar-refractivity contribution in [1.82, 2.24) is 0 Å². The SMILES string of the molecule is CCC(OO)C(C)O. The molecule has 0 rings (SSSR count). The molecule has 50 valence electrons. The number of rotatable bonds is 3. The van der Waals surface area contributed by atoms with Crippen LogP contribution in [-0.2, 0) is 4.89 Å². The van der Waals surface area contributed by atoms with Crippen molar-refractivity contribution in [2.24, 2.45) is 0 Å². The summed E-state index contributed by atoms with van der Waals surface area (Å²) in [7, 11) is 0. The quantitative estimate of drug-likeness (QED) is 0.424. The van der Waals surface area contributed by atoms with Crippen molar-refractivity contribution in [3.8, 4) is 0 Å². The Labute approximate surface area is 48.8 Å². The normalized spacial score (nSPS) is 18.0. The van der Waals surface area contributed by atoms with Crippen LogP contribution in [0.3, 0.4) is 0 Å². The van der Waals surface area contributed by atoms with Gasteiger partial charge in [-0.05, 0) is 13.3 Å². The van der Waals surface area contributed by atoms with Gasteiger partial charge < -0.3 is 5.11 Å². The summed E-state index contributed by atoms with van der Waals surface area (Å²) in [6.45, 7) is 3.40. The first-order valence-electron chi connectivity index (χ1n) is 2.70. The smallest absolute Gasteiger partial charge is 0.118 e. The molecule has 0 bridgehead atoms. The zero-order valence-electron chi connectivity index (χ0n) is 5.16. The third-order valence-corrected chi connectivity index (χ3v) is 1.08. The van der Waals surface area contributed by atoms with E-state index in [9.17, 15) is 0 Å². The molecule has 0 heterocycles. The fourth-order valence-electron chi connectivity index (χ4n) is 0.504. The number of aliphatic hydroxyl groups excluding tert-OH is 1. The summed E-state index contributed by atoms with van der Waals surface area (Å²) in [6.07, 6.45) is -0.409. The third-order valence-electron chi connectivity index (χ3n) is 1.08. The summed E-state index contributed by atoms with van der Waals surface area (Å²) in [5.74, 6) is 0. The van der Waals surface area contributed by atoms with Gasteiger partial charge in [-0.1, -0.05) is 6.92 Å². The summed E-state index contributed by atoms with van der Waals surface area (Å²) in [4.78, 5) is 3.91. The Morgan fingerprint density at radius 3 is 2.12 bits per heavy atom. The minimum atomic E-state index is -0.593. The molecular weight excluding hydrogens is 108 g/mol.